The predicted octanol–water partition coefficient (Wildman–Crippen LogP) is 1.33. The quantitative estimate of drug-likeness (QED) is 0.836. The molecule has 0 amide bonds. The fourth-order valence-electron chi connectivity index (χ4n) is 1.44. The zero-order valence-corrected chi connectivity index (χ0v) is 11.0. The second kappa shape index (κ2) is 5.48. The molecule has 0 aliphatic heterocycles. The Morgan fingerprint density at radius 1 is 1.29 bits per heavy atom. The van der Waals surface area contributed by atoms with Crippen molar-refractivity contribution in [2.45, 2.75) is 32.9 Å². The van der Waals surface area contributed by atoms with E-state index in [1.807, 2.05) is 32.0 Å². The summed E-state index contributed by atoms with van der Waals surface area (Å²) in [6.07, 6.45) is 0.0757. The highest BCUT2D eigenvalue weighted by Gasteiger charge is 2.11. The molecule has 1 aromatic rings. The van der Waals surface area contributed by atoms with E-state index in [9.17, 15) is 8.42 Å². The first kappa shape index (κ1) is 14.0. The Balaban J connectivity index is 2.84. The van der Waals surface area contributed by atoms with E-state index in [0.29, 0.717) is 5.75 Å². The molecule has 1 aromatic carbocycles. The van der Waals surface area contributed by atoms with E-state index in [1.54, 1.807) is 13.0 Å². The number of hydrogen-bond acceptors (Lipinski definition) is 3. The van der Waals surface area contributed by atoms with Gasteiger partial charge in [-0.2, -0.15) is 13.1 Å². The van der Waals surface area contributed by atoms with Crippen LogP contribution in [0.5, 0.6) is 5.75 Å². The Morgan fingerprint density at radius 2 is 1.94 bits per heavy atom. The van der Waals surface area contributed by atoms with Gasteiger partial charge in [0.25, 0.3) is 10.2 Å². The summed E-state index contributed by atoms with van der Waals surface area (Å²) in [6, 6.07) is 6.86. The van der Waals surface area contributed by atoms with Crippen LogP contribution in [0.2, 0.25) is 0 Å². The smallest absolute Gasteiger partial charge is 0.274 e. The fourth-order valence-corrected chi connectivity index (χ4v) is 2.07. The first-order valence-electron chi connectivity index (χ1n) is 5.34. The van der Waals surface area contributed by atoms with Crippen LogP contribution in [0.1, 0.15) is 32.4 Å². The highest BCUT2D eigenvalue weighted by atomic mass is 32.2. The van der Waals surface area contributed by atoms with Gasteiger partial charge in [-0.15, -0.1) is 0 Å². The molecule has 1 atom stereocenters. The minimum absolute atomic E-state index is 0.0757. The highest BCUT2D eigenvalue weighted by Crippen LogP contribution is 2.20. The standard InChI is InChI=1S/C11H18N2O3S/c1-8(2)16-11-6-4-5-10(7-11)9(3)13-17(12,14)15/h4-9,13H,1-3H3,(H2,12,14,15). The van der Waals surface area contributed by atoms with E-state index in [2.05, 4.69) is 4.72 Å². The number of hydrogen-bond donors (Lipinski definition) is 2. The molecule has 0 saturated heterocycles. The summed E-state index contributed by atoms with van der Waals surface area (Å²) >= 11 is 0. The van der Waals surface area contributed by atoms with E-state index in [4.69, 9.17) is 9.88 Å². The Kier molecular flexibility index (Phi) is 4.50. The van der Waals surface area contributed by atoms with Gasteiger partial charge in [-0.1, -0.05) is 12.1 Å². The molecule has 6 heteroatoms. The average Bonchev–Trinajstić information content (AvgIpc) is 2.14. The molecule has 3 N–H and O–H groups in total. The van der Waals surface area contributed by atoms with Crippen molar-refractivity contribution in [3.05, 3.63) is 29.8 Å². The molecule has 0 radical (unpaired) electrons. The zero-order chi connectivity index (χ0) is 13.1. The van der Waals surface area contributed by atoms with Crippen molar-refractivity contribution in [2.24, 2.45) is 5.14 Å². The molecule has 5 nitrogen and oxygen atoms in total. The van der Waals surface area contributed by atoms with Crippen molar-refractivity contribution < 1.29 is 13.2 Å². The Bertz CT molecular complexity index is 471. The molecule has 96 valence electrons. The number of rotatable bonds is 5. The van der Waals surface area contributed by atoms with Crippen molar-refractivity contribution in [1.82, 2.24) is 4.72 Å². The summed E-state index contributed by atoms with van der Waals surface area (Å²) in [7, 11) is -3.70. The largest absolute Gasteiger partial charge is 0.491 e. The van der Waals surface area contributed by atoms with Crippen LogP contribution in [0, 0.1) is 0 Å². The first-order chi connectivity index (χ1) is 7.78. The minimum atomic E-state index is -3.70. The Morgan fingerprint density at radius 3 is 2.47 bits per heavy atom. The van der Waals surface area contributed by atoms with Gasteiger partial charge in [0.05, 0.1) is 6.10 Å². The lowest BCUT2D eigenvalue weighted by molar-refractivity contribution is 0.242. The summed E-state index contributed by atoms with van der Waals surface area (Å²) in [5.41, 5.74) is 0.803. The van der Waals surface area contributed by atoms with Gasteiger partial charge >= 0.3 is 0 Å². The molecule has 0 bridgehead atoms. The summed E-state index contributed by atoms with van der Waals surface area (Å²) in [5.74, 6) is 0.709. The maximum Gasteiger partial charge on any atom is 0.274 e. The molecular formula is C11H18N2O3S. The fraction of sp³-hybridized carbons (Fsp3) is 0.455. The predicted molar refractivity (Wildman–Crippen MR) is 66.9 cm³/mol. The molecule has 1 rings (SSSR count). The number of nitrogens with two attached hydrogens (primary N) is 1. The van der Waals surface area contributed by atoms with Crippen LogP contribution in [-0.4, -0.2) is 14.5 Å². The highest BCUT2D eigenvalue weighted by molar-refractivity contribution is 7.87. The Labute approximate surface area is 102 Å². The molecule has 0 aliphatic carbocycles. The SMILES string of the molecule is CC(C)Oc1cccc(C(C)NS(N)(=O)=O)c1. The van der Waals surface area contributed by atoms with Crippen molar-refractivity contribution in [3.8, 4) is 5.75 Å². The molecule has 17 heavy (non-hydrogen) atoms. The summed E-state index contributed by atoms with van der Waals surface area (Å²) in [5, 5.41) is 4.92. The van der Waals surface area contributed by atoms with Gasteiger partial charge in [0.2, 0.25) is 0 Å². The van der Waals surface area contributed by atoms with Crippen molar-refractivity contribution in [1.29, 1.82) is 0 Å². The van der Waals surface area contributed by atoms with Gasteiger partial charge < -0.3 is 4.74 Å². The number of benzene rings is 1. The normalized spacial score (nSPS) is 13.7. The van der Waals surface area contributed by atoms with E-state index in [0.717, 1.165) is 5.56 Å². The summed E-state index contributed by atoms with van der Waals surface area (Å²) in [4.78, 5) is 0. The van der Waals surface area contributed by atoms with E-state index < -0.39 is 10.2 Å². The van der Waals surface area contributed by atoms with Crippen molar-refractivity contribution >= 4 is 10.2 Å². The van der Waals surface area contributed by atoms with Crippen LogP contribution in [0.25, 0.3) is 0 Å². The summed E-state index contributed by atoms with van der Waals surface area (Å²) in [6.45, 7) is 5.58. The number of nitrogens with one attached hydrogen (secondary N) is 1. The third-order valence-corrected chi connectivity index (χ3v) is 2.75. The molecule has 0 heterocycles. The van der Waals surface area contributed by atoms with Crippen LogP contribution in [0.15, 0.2) is 24.3 Å². The molecule has 0 aliphatic rings. The van der Waals surface area contributed by atoms with Gasteiger partial charge in [-0.25, -0.2) is 5.14 Å². The molecule has 0 spiro atoms. The van der Waals surface area contributed by atoms with Crippen molar-refractivity contribution in [3.63, 3.8) is 0 Å². The molecular weight excluding hydrogens is 240 g/mol. The monoisotopic (exact) mass is 258 g/mol. The molecule has 1 unspecified atom stereocenters. The maximum absolute atomic E-state index is 10.9. The van der Waals surface area contributed by atoms with Crippen LogP contribution < -0.4 is 14.6 Å². The van der Waals surface area contributed by atoms with Crippen LogP contribution in [-0.2, 0) is 10.2 Å². The van der Waals surface area contributed by atoms with E-state index in [1.165, 1.54) is 0 Å². The second-order valence-corrected chi connectivity index (χ2v) is 5.45. The third-order valence-electron chi connectivity index (χ3n) is 2.07. The van der Waals surface area contributed by atoms with Crippen molar-refractivity contribution in [2.75, 3.05) is 0 Å². The molecule has 0 fully saturated rings. The number of ether oxygens (including phenoxy) is 1. The minimum Gasteiger partial charge on any atom is -0.491 e. The van der Waals surface area contributed by atoms with E-state index >= 15 is 0 Å². The first-order valence-corrected chi connectivity index (χ1v) is 6.89. The van der Waals surface area contributed by atoms with Gasteiger partial charge in [-0.3, -0.25) is 0 Å². The second-order valence-electron chi connectivity index (χ2n) is 4.12. The lowest BCUT2D eigenvalue weighted by atomic mass is 10.1. The van der Waals surface area contributed by atoms with Crippen LogP contribution in [0.3, 0.4) is 0 Å². The van der Waals surface area contributed by atoms with Gasteiger partial charge in [0.1, 0.15) is 5.75 Å². The Hall–Kier alpha value is -1.11. The third kappa shape index (κ3) is 5.16. The van der Waals surface area contributed by atoms with Gasteiger partial charge in [-0.05, 0) is 38.5 Å². The van der Waals surface area contributed by atoms with Gasteiger partial charge in [0.15, 0.2) is 0 Å². The van der Waals surface area contributed by atoms with E-state index in [-0.39, 0.29) is 12.1 Å². The lowest BCUT2D eigenvalue weighted by Gasteiger charge is -2.15. The lowest BCUT2D eigenvalue weighted by Crippen LogP contribution is -2.32. The topological polar surface area (TPSA) is 81.4 Å². The molecule has 0 saturated carbocycles. The summed E-state index contributed by atoms with van der Waals surface area (Å²) < 4.78 is 29.7. The average molecular weight is 258 g/mol. The van der Waals surface area contributed by atoms with Crippen LogP contribution >= 0.6 is 0 Å². The molecule has 0 aromatic heterocycles. The van der Waals surface area contributed by atoms with Crippen LogP contribution in [0.4, 0.5) is 0 Å². The zero-order valence-electron chi connectivity index (χ0n) is 10.2. The van der Waals surface area contributed by atoms with Gasteiger partial charge in [0, 0.05) is 6.04 Å². The maximum atomic E-state index is 10.9.